The Morgan fingerprint density at radius 1 is 1.25 bits per heavy atom. The van der Waals surface area contributed by atoms with E-state index in [2.05, 4.69) is 5.32 Å². The van der Waals surface area contributed by atoms with Crippen molar-refractivity contribution in [3.05, 3.63) is 34.4 Å². The minimum atomic E-state index is -0.804. The Kier molecular flexibility index (Phi) is 6.45. The zero-order chi connectivity index (χ0) is 20.1. The van der Waals surface area contributed by atoms with Gasteiger partial charge in [-0.15, -0.1) is 0 Å². The maximum atomic E-state index is 12.4. The number of rotatable bonds is 7. The molecule has 0 spiro atoms. The molecule has 0 radical (unpaired) electrons. The van der Waals surface area contributed by atoms with Crippen LogP contribution in [-0.2, 0) is 14.3 Å². The SMILES string of the molecule is O=C(O)C1CCO[C@H]1C1CCN(C(=O)CCNc2ccccc2[N+](=O)[O-])CC1. The van der Waals surface area contributed by atoms with Crippen molar-refractivity contribution in [3.8, 4) is 0 Å². The normalized spacial score (nSPS) is 22.8. The van der Waals surface area contributed by atoms with Gasteiger partial charge in [-0.25, -0.2) is 0 Å². The van der Waals surface area contributed by atoms with Gasteiger partial charge >= 0.3 is 5.97 Å². The van der Waals surface area contributed by atoms with E-state index in [-0.39, 0.29) is 30.0 Å². The Balaban J connectivity index is 1.44. The van der Waals surface area contributed by atoms with Crippen LogP contribution in [0.1, 0.15) is 25.7 Å². The molecule has 2 fully saturated rings. The summed E-state index contributed by atoms with van der Waals surface area (Å²) in [6.45, 7) is 1.97. The number of carboxylic acid groups (broad SMARTS) is 1. The molecule has 1 aromatic rings. The molecule has 3 rings (SSSR count). The van der Waals surface area contributed by atoms with Crippen LogP contribution >= 0.6 is 0 Å². The Bertz CT molecular complexity index is 732. The Morgan fingerprint density at radius 3 is 2.64 bits per heavy atom. The van der Waals surface area contributed by atoms with Gasteiger partial charge in [0, 0.05) is 38.7 Å². The third kappa shape index (κ3) is 4.59. The smallest absolute Gasteiger partial charge is 0.309 e. The van der Waals surface area contributed by atoms with Crippen molar-refractivity contribution in [2.45, 2.75) is 31.8 Å². The maximum absolute atomic E-state index is 12.4. The zero-order valence-electron chi connectivity index (χ0n) is 15.6. The molecule has 9 heteroatoms. The lowest BCUT2D eigenvalue weighted by Gasteiger charge is -2.35. The van der Waals surface area contributed by atoms with Crippen molar-refractivity contribution >= 4 is 23.3 Å². The van der Waals surface area contributed by atoms with E-state index in [1.807, 2.05) is 0 Å². The van der Waals surface area contributed by atoms with Crippen LogP contribution in [-0.4, -0.2) is 59.2 Å². The average molecular weight is 391 g/mol. The number of carbonyl (C=O) groups excluding carboxylic acids is 1. The molecule has 28 heavy (non-hydrogen) atoms. The van der Waals surface area contributed by atoms with Crippen LogP contribution in [0.5, 0.6) is 0 Å². The molecule has 2 atom stereocenters. The van der Waals surface area contributed by atoms with Crippen LogP contribution in [0.15, 0.2) is 24.3 Å². The predicted octanol–water partition coefficient (Wildman–Crippen LogP) is 2.13. The maximum Gasteiger partial charge on any atom is 0.309 e. The molecule has 1 unspecified atom stereocenters. The molecule has 2 saturated heterocycles. The lowest BCUT2D eigenvalue weighted by atomic mass is 9.84. The van der Waals surface area contributed by atoms with E-state index in [9.17, 15) is 24.8 Å². The van der Waals surface area contributed by atoms with E-state index < -0.39 is 16.8 Å². The number of aliphatic carboxylic acids is 1. The summed E-state index contributed by atoms with van der Waals surface area (Å²) in [6, 6.07) is 6.35. The number of nitrogens with one attached hydrogen (secondary N) is 1. The molecule has 9 nitrogen and oxygen atoms in total. The highest BCUT2D eigenvalue weighted by molar-refractivity contribution is 5.77. The summed E-state index contributed by atoms with van der Waals surface area (Å²) in [4.78, 5) is 36.1. The molecule has 2 aliphatic heterocycles. The van der Waals surface area contributed by atoms with Gasteiger partial charge in [0.15, 0.2) is 0 Å². The number of carbonyl (C=O) groups is 2. The van der Waals surface area contributed by atoms with Gasteiger partial charge in [0.25, 0.3) is 5.69 Å². The van der Waals surface area contributed by atoms with Crippen molar-refractivity contribution in [2.75, 3.05) is 31.6 Å². The summed E-state index contributed by atoms with van der Waals surface area (Å²) >= 11 is 0. The number of hydrogen-bond acceptors (Lipinski definition) is 6. The number of nitro groups is 1. The minimum Gasteiger partial charge on any atom is -0.481 e. The molecule has 0 aliphatic carbocycles. The zero-order valence-corrected chi connectivity index (χ0v) is 15.6. The van der Waals surface area contributed by atoms with Crippen molar-refractivity contribution < 1.29 is 24.4 Å². The number of benzene rings is 1. The van der Waals surface area contributed by atoms with Gasteiger partial charge in [0.05, 0.1) is 16.9 Å². The fourth-order valence-electron chi connectivity index (χ4n) is 4.06. The van der Waals surface area contributed by atoms with E-state index in [1.54, 1.807) is 23.1 Å². The van der Waals surface area contributed by atoms with Gasteiger partial charge in [-0.3, -0.25) is 19.7 Å². The first-order chi connectivity index (χ1) is 13.5. The van der Waals surface area contributed by atoms with E-state index >= 15 is 0 Å². The highest BCUT2D eigenvalue weighted by atomic mass is 16.6. The number of nitro benzene ring substituents is 1. The van der Waals surface area contributed by atoms with Gasteiger partial charge in [0.2, 0.25) is 5.91 Å². The number of carboxylic acids is 1. The molecular weight excluding hydrogens is 366 g/mol. The van der Waals surface area contributed by atoms with Crippen molar-refractivity contribution in [3.63, 3.8) is 0 Å². The molecule has 152 valence electrons. The highest BCUT2D eigenvalue weighted by Gasteiger charge is 2.40. The van der Waals surface area contributed by atoms with Crippen molar-refractivity contribution in [1.82, 2.24) is 4.90 Å². The number of piperidine rings is 1. The fourth-order valence-corrected chi connectivity index (χ4v) is 4.06. The second-order valence-corrected chi connectivity index (χ2v) is 7.24. The summed E-state index contributed by atoms with van der Waals surface area (Å²) in [5, 5.41) is 23.3. The molecule has 2 N–H and O–H groups in total. The number of nitrogens with zero attached hydrogens (tertiary/aromatic N) is 2. The lowest BCUT2D eigenvalue weighted by molar-refractivity contribution is -0.384. The quantitative estimate of drug-likeness (QED) is 0.539. The first kappa shape index (κ1) is 20.1. The third-order valence-electron chi connectivity index (χ3n) is 5.56. The van der Waals surface area contributed by atoms with Crippen LogP contribution in [0.2, 0.25) is 0 Å². The number of anilines is 1. The summed E-state index contributed by atoms with van der Waals surface area (Å²) < 4.78 is 5.66. The Morgan fingerprint density at radius 2 is 1.96 bits per heavy atom. The summed E-state index contributed by atoms with van der Waals surface area (Å²) in [6.07, 6.45) is 2.01. The lowest BCUT2D eigenvalue weighted by Crippen LogP contribution is -2.43. The van der Waals surface area contributed by atoms with E-state index in [0.717, 1.165) is 12.8 Å². The first-order valence-corrected chi connectivity index (χ1v) is 9.57. The Labute approximate surface area is 162 Å². The second kappa shape index (κ2) is 9.01. The van der Waals surface area contributed by atoms with Gasteiger partial charge in [0.1, 0.15) is 5.69 Å². The number of amides is 1. The molecule has 0 aromatic heterocycles. The standard InChI is InChI=1S/C19H25N3O6/c23-17(5-9-20-15-3-1-2-4-16(15)22(26)27)21-10-6-13(7-11-21)18-14(19(24)25)8-12-28-18/h1-4,13-14,18,20H,5-12H2,(H,24,25)/t14?,18-/m0/s1. The van der Waals surface area contributed by atoms with Crippen LogP contribution in [0, 0.1) is 22.0 Å². The molecule has 2 aliphatic rings. The van der Waals surface area contributed by atoms with Gasteiger partial charge in [-0.05, 0) is 31.2 Å². The number of ether oxygens (including phenoxy) is 1. The third-order valence-corrected chi connectivity index (χ3v) is 5.56. The van der Waals surface area contributed by atoms with Crippen LogP contribution in [0.25, 0.3) is 0 Å². The van der Waals surface area contributed by atoms with Crippen molar-refractivity contribution in [1.29, 1.82) is 0 Å². The number of para-hydroxylation sites is 2. The second-order valence-electron chi connectivity index (χ2n) is 7.24. The monoisotopic (exact) mass is 391 g/mol. The topological polar surface area (TPSA) is 122 Å². The first-order valence-electron chi connectivity index (χ1n) is 9.57. The largest absolute Gasteiger partial charge is 0.481 e. The summed E-state index contributed by atoms with van der Waals surface area (Å²) in [7, 11) is 0. The number of likely N-dealkylation sites (tertiary alicyclic amines) is 1. The number of hydrogen-bond donors (Lipinski definition) is 2. The van der Waals surface area contributed by atoms with Crippen LogP contribution < -0.4 is 5.32 Å². The molecule has 1 amide bonds. The molecular formula is C19H25N3O6. The Hall–Kier alpha value is -2.68. The minimum absolute atomic E-state index is 0.00772. The average Bonchev–Trinajstić information content (AvgIpc) is 3.18. The van der Waals surface area contributed by atoms with Gasteiger partial charge < -0.3 is 20.1 Å². The van der Waals surface area contributed by atoms with Crippen LogP contribution in [0.4, 0.5) is 11.4 Å². The van der Waals surface area contributed by atoms with Crippen LogP contribution in [0.3, 0.4) is 0 Å². The van der Waals surface area contributed by atoms with E-state index in [4.69, 9.17) is 4.74 Å². The molecule has 2 heterocycles. The van der Waals surface area contributed by atoms with Crippen molar-refractivity contribution in [2.24, 2.45) is 11.8 Å². The fraction of sp³-hybridized carbons (Fsp3) is 0.579. The molecule has 0 bridgehead atoms. The predicted molar refractivity (Wildman–Crippen MR) is 101 cm³/mol. The van der Waals surface area contributed by atoms with Gasteiger partial charge in [-0.2, -0.15) is 0 Å². The molecule has 1 aromatic carbocycles. The summed E-state index contributed by atoms with van der Waals surface area (Å²) in [5.41, 5.74) is 0.386. The van der Waals surface area contributed by atoms with E-state index in [1.165, 1.54) is 6.07 Å². The van der Waals surface area contributed by atoms with Gasteiger partial charge in [-0.1, -0.05) is 12.1 Å². The summed E-state index contributed by atoms with van der Waals surface area (Å²) in [5.74, 6) is -1.09. The molecule has 0 saturated carbocycles. The highest BCUT2D eigenvalue weighted by Crippen LogP contribution is 2.33. The van der Waals surface area contributed by atoms with E-state index in [0.29, 0.717) is 38.3 Å².